The maximum Gasteiger partial charge on any atom is 0.252 e. The normalized spacial score (nSPS) is 12.0. The monoisotopic (exact) mass is 306 g/mol. The molecule has 6 heteroatoms. The van der Waals surface area contributed by atoms with Crippen molar-refractivity contribution < 1.29 is 13.9 Å². The minimum Gasteiger partial charge on any atom is -0.618 e. The molecular weight excluding hydrogens is 291 g/mol. The summed E-state index contributed by atoms with van der Waals surface area (Å²) in [5, 5.41) is 14.1. The number of benzene rings is 1. The molecule has 0 spiro atoms. The molecule has 0 saturated heterocycles. The van der Waals surface area contributed by atoms with Crippen molar-refractivity contribution in [3.63, 3.8) is 0 Å². The molecule has 21 heavy (non-hydrogen) atoms. The van der Waals surface area contributed by atoms with Crippen LogP contribution >= 0.6 is 11.8 Å². The highest BCUT2D eigenvalue weighted by molar-refractivity contribution is 8.00. The fourth-order valence-corrected chi connectivity index (χ4v) is 2.50. The van der Waals surface area contributed by atoms with E-state index < -0.39 is 5.25 Å². The fourth-order valence-electron chi connectivity index (χ4n) is 1.65. The van der Waals surface area contributed by atoms with Crippen LogP contribution in [0.4, 0.5) is 10.1 Å². The molecule has 0 radical (unpaired) electrons. The molecule has 4 nitrogen and oxygen atoms in total. The van der Waals surface area contributed by atoms with Crippen LogP contribution < -0.4 is 10.0 Å². The van der Waals surface area contributed by atoms with Gasteiger partial charge in [-0.3, -0.25) is 4.79 Å². The van der Waals surface area contributed by atoms with Crippen LogP contribution in [-0.4, -0.2) is 11.2 Å². The maximum absolute atomic E-state index is 13.4. The first kappa shape index (κ1) is 15.3. The first-order valence-electron chi connectivity index (χ1n) is 6.39. The number of pyridine rings is 1. The van der Waals surface area contributed by atoms with Gasteiger partial charge in [0.1, 0.15) is 5.82 Å². The molecule has 1 N–H and O–H groups in total. The molecule has 0 aliphatic heterocycles. The highest BCUT2D eigenvalue weighted by atomic mass is 32.2. The van der Waals surface area contributed by atoms with Crippen LogP contribution in [0.15, 0.2) is 47.6 Å². The molecule has 1 heterocycles. The van der Waals surface area contributed by atoms with E-state index >= 15 is 0 Å². The number of amides is 1. The summed E-state index contributed by atoms with van der Waals surface area (Å²) in [5.74, 6) is -0.652. The molecular formula is C15H15FN2O2S. The Labute approximate surface area is 126 Å². The molecule has 1 atom stereocenters. The lowest BCUT2D eigenvalue weighted by atomic mass is 10.2. The Balaban J connectivity index is 2.02. The van der Waals surface area contributed by atoms with E-state index in [0.717, 1.165) is 11.8 Å². The van der Waals surface area contributed by atoms with Gasteiger partial charge in [-0.05, 0) is 49.4 Å². The Morgan fingerprint density at radius 1 is 1.38 bits per heavy atom. The Morgan fingerprint density at radius 2 is 2.14 bits per heavy atom. The average molecular weight is 306 g/mol. The number of hydrogen-bond acceptors (Lipinski definition) is 3. The Bertz CT molecular complexity index is 664. The summed E-state index contributed by atoms with van der Waals surface area (Å²) >= 11 is 1.15. The van der Waals surface area contributed by atoms with Gasteiger partial charge in [0.25, 0.3) is 5.03 Å². The molecule has 1 unspecified atom stereocenters. The quantitative estimate of drug-likeness (QED) is 0.537. The van der Waals surface area contributed by atoms with Gasteiger partial charge < -0.3 is 10.5 Å². The summed E-state index contributed by atoms with van der Waals surface area (Å²) in [5.41, 5.74) is 0.922. The number of halogens is 1. The van der Waals surface area contributed by atoms with Crippen molar-refractivity contribution in [3.05, 3.63) is 59.2 Å². The molecule has 2 rings (SSSR count). The third-order valence-electron chi connectivity index (χ3n) is 2.89. The van der Waals surface area contributed by atoms with Crippen LogP contribution in [0.1, 0.15) is 12.5 Å². The summed E-state index contributed by atoms with van der Waals surface area (Å²) in [4.78, 5) is 12.1. The topological polar surface area (TPSA) is 56.0 Å². The number of rotatable bonds is 4. The lowest BCUT2D eigenvalue weighted by Gasteiger charge is -2.12. The third-order valence-corrected chi connectivity index (χ3v) is 4.02. The average Bonchev–Trinajstić information content (AvgIpc) is 2.45. The first-order valence-corrected chi connectivity index (χ1v) is 7.27. The van der Waals surface area contributed by atoms with Gasteiger partial charge >= 0.3 is 0 Å². The number of carbonyl (C=O) groups excluding carboxylic acids is 1. The predicted molar refractivity (Wildman–Crippen MR) is 80.5 cm³/mol. The van der Waals surface area contributed by atoms with E-state index in [2.05, 4.69) is 5.32 Å². The molecule has 1 aromatic carbocycles. The van der Waals surface area contributed by atoms with Crippen molar-refractivity contribution in [1.82, 2.24) is 0 Å². The van der Waals surface area contributed by atoms with Crippen LogP contribution in [0, 0.1) is 17.9 Å². The van der Waals surface area contributed by atoms with Crippen LogP contribution in [0.25, 0.3) is 0 Å². The molecule has 1 amide bonds. The van der Waals surface area contributed by atoms with Gasteiger partial charge in [0.15, 0.2) is 6.20 Å². The Morgan fingerprint density at radius 3 is 2.81 bits per heavy atom. The van der Waals surface area contributed by atoms with Crippen molar-refractivity contribution >= 4 is 23.4 Å². The SMILES string of the molecule is Cc1ccc(NC(=O)C(C)Sc2cccc[n+]2[O-])cc1F. The number of hydrogen-bond donors (Lipinski definition) is 1. The molecule has 1 aromatic heterocycles. The summed E-state index contributed by atoms with van der Waals surface area (Å²) in [7, 11) is 0. The molecule has 110 valence electrons. The molecule has 0 aliphatic rings. The first-order chi connectivity index (χ1) is 9.97. The second kappa shape index (κ2) is 6.58. The predicted octanol–water partition coefficient (Wildman–Crippen LogP) is 2.89. The van der Waals surface area contributed by atoms with E-state index in [-0.39, 0.29) is 11.7 Å². The highest BCUT2D eigenvalue weighted by Gasteiger charge is 2.18. The van der Waals surface area contributed by atoms with Gasteiger partial charge in [-0.15, -0.1) is 0 Å². The van der Waals surface area contributed by atoms with Crippen LogP contribution in [0.5, 0.6) is 0 Å². The molecule has 0 aliphatic carbocycles. The van der Waals surface area contributed by atoms with Gasteiger partial charge in [0.2, 0.25) is 5.91 Å². The van der Waals surface area contributed by atoms with Crippen molar-refractivity contribution in [2.24, 2.45) is 0 Å². The van der Waals surface area contributed by atoms with E-state index in [1.54, 1.807) is 44.2 Å². The lowest BCUT2D eigenvalue weighted by Crippen LogP contribution is -2.30. The highest BCUT2D eigenvalue weighted by Crippen LogP contribution is 2.21. The smallest absolute Gasteiger partial charge is 0.252 e. The van der Waals surface area contributed by atoms with Gasteiger partial charge in [-0.25, -0.2) is 4.39 Å². The molecule has 0 bridgehead atoms. The number of aromatic nitrogens is 1. The Hall–Kier alpha value is -2.08. The minimum atomic E-state index is -0.475. The summed E-state index contributed by atoms with van der Waals surface area (Å²) in [6.07, 6.45) is 1.38. The number of thioether (sulfide) groups is 1. The van der Waals surface area contributed by atoms with Crippen molar-refractivity contribution in [3.8, 4) is 0 Å². The third kappa shape index (κ3) is 3.95. The van der Waals surface area contributed by atoms with E-state index in [9.17, 15) is 14.4 Å². The number of anilines is 1. The van der Waals surface area contributed by atoms with E-state index in [1.165, 1.54) is 12.3 Å². The van der Waals surface area contributed by atoms with Crippen molar-refractivity contribution in [2.75, 3.05) is 5.32 Å². The molecule has 0 saturated carbocycles. The van der Waals surface area contributed by atoms with Gasteiger partial charge in [-0.2, -0.15) is 4.73 Å². The zero-order valence-corrected chi connectivity index (χ0v) is 12.5. The van der Waals surface area contributed by atoms with E-state index in [1.807, 2.05) is 0 Å². The van der Waals surface area contributed by atoms with Crippen LogP contribution in [0.2, 0.25) is 0 Å². The summed E-state index contributed by atoms with van der Waals surface area (Å²) in [6, 6.07) is 9.52. The van der Waals surface area contributed by atoms with Gasteiger partial charge in [-0.1, -0.05) is 6.07 Å². The zero-order valence-electron chi connectivity index (χ0n) is 11.7. The second-order valence-corrected chi connectivity index (χ2v) is 5.94. The fraction of sp³-hybridized carbons (Fsp3) is 0.200. The standard InChI is InChI=1S/C15H15FN2O2S/c1-10-6-7-12(9-13(10)16)17-15(19)11(2)21-14-5-3-4-8-18(14)20/h3-9,11H,1-2H3,(H,17,19). The van der Waals surface area contributed by atoms with Crippen molar-refractivity contribution in [1.29, 1.82) is 0 Å². The van der Waals surface area contributed by atoms with Gasteiger partial charge in [0.05, 0.1) is 5.25 Å². The van der Waals surface area contributed by atoms with Crippen LogP contribution in [-0.2, 0) is 4.79 Å². The van der Waals surface area contributed by atoms with Crippen molar-refractivity contribution in [2.45, 2.75) is 24.1 Å². The maximum atomic E-state index is 13.4. The summed E-state index contributed by atoms with van der Waals surface area (Å²) < 4.78 is 14.1. The number of nitrogens with zero attached hydrogens (tertiary/aromatic N) is 1. The largest absolute Gasteiger partial charge is 0.618 e. The number of aryl methyl sites for hydroxylation is 1. The lowest BCUT2D eigenvalue weighted by molar-refractivity contribution is -0.645. The van der Waals surface area contributed by atoms with Gasteiger partial charge in [0, 0.05) is 17.8 Å². The Kier molecular flexibility index (Phi) is 4.80. The molecule has 2 aromatic rings. The van der Waals surface area contributed by atoms with E-state index in [4.69, 9.17) is 0 Å². The summed E-state index contributed by atoms with van der Waals surface area (Å²) in [6.45, 7) is 3.35. The zero-order chi connectivity index (χ0) is 15.4. The van der Waals surface area contributed by atoms with Crippen LogP contribution in [0.3, 0.4) is 0 Å². The number of nitrogens with one attached hydrogen (secondary N) is 1. The second-order valence-electron chi connectivity index (χ2n) is 4.58. The minimum absolute atomic E-state index is 0.285. The molecule has 0 fully saturated rings. The number of carbonyl (C=O) groups is 1. The van der Waals surface area contributed by atoms with E-state index in [0.29, 0.717) is 21.0 Å².